The van der Waals surface area contributed by atoms with Gasteiger partial charge in [0, 0.05) is 19.1 Å². The van der Waals surface area contributed by atoms with Gasteiger partial charge < -0.3 is 10.1 Å². The first-order valence-electron chi connectivity index (χ1n) is 5.19. The first-order valence-corrected chi connectivity index (χ1v) is 5.19. The summed E-state index contributed by atoms with van der Waals surface area (Å²) in [4.78, 5) is 12.5. The predicted molar refractivity (Wildman–Crippen MR) is 52.3 cm³/mol. The number of nitrogens with zero attached hydrogens (tertiary/aromatic N) is 4. The third-order valence-electron chi connectivity index (χ3n) is 3.06. The third kappa shape index (κ3) is 1.50. The monoisotopic (exact) mass is 208 g/mol. The van der Waals surface area contributed by atoms with Crippen molar-refractivity contribution < 1.29 is 4.92 Å². The fourth-order valence-corrected chi connectivity index (χ4v) is 2.11. The number of fused-ring (bicyclic) bond motifs is 1. The average molecular weight is 208 g/mol. The van der Waals surface area contributed by atoms with Crippen LogP contribution >= 0.6 is 0 Å². The Kier molecular flexibility index (Phi) is 1.79. The molecule has 1 aromatic heterocycles. The van der Waals surface area contributed by atoms with Crippen LogP contribution in [0.2, 0.25) is 0 Å². The van der Waals surface area contributed by atoms with E-state index in [1.54, 1.807) is 10.7 Å². The van der Waals surface area contributed by atoms with Crippen LogP contribution < -0.4 is 0 Å². The molecule has 0 atom stereocenters. The molecule has 0 radical (unpaired) electrons. The molecular weight excluding hydrogens is 196 g/mol. The molecule has 6 heteroatoms. The van der Waals surface area contributed by atoms with Gasteiger partial charge in [0.15, 0.2) is 0 Å². The second kappa shape index (κ2) is 3.03. The molecule has 0 unspecified atom stereocenters. The summed E-state index contributed by atoms with van der Waals surface area (Å²) in [5, 5.41) is 14.5. The van der Waals surface area contributed by atoms with E-state index >= 15 is 0 Å². The quantitative estimate of drug-likeness (QED) is 0.532. The van der Waals surface area contributed by atoms with Crippen LogP contribution in [0.4, 0.5) is 5.82 Å². The Bertz CT molecular complexity index is 410. The van der Waals surface area contributed by atoms with Gasteiger partial charge in [-0.25, -0.2) is 0 Å². The van der Waals surface area contributed by atoms with Gasteiger partial charge in [-0.15, -0.1) is 0 Å². The Morgan fingerprint density at radius 1 is 1.47 bits per heavy atom. The lowest BCUT2D eigenvalue weighted by Crippen LogP contribution is -2.35. The molecule has 0 bridgehead atoms. The van der Waals surface area contributed by atoms with Gasteiger partial charge >= 0.3 is 5.82 Å². The van der Waals surface area contributed by atoms with Crippen molar-refractivity contribution in [1.29, 1.82) is 0 Å². The van der Waals surface area contributed by atoms with Crippen LogP contribution in [0, 0.1) is 10.1 Å². The van der Waals surface area contributed by atoms with E-state index in [0.717, 1.165) is 25.3 Å². The van der Waals surface area contributed by atoms with Crippen LogP contribution in [0.5, 0.6) is 0 Å². The maximum atomic E-state index is 10.6. The van der Waals surface area contributed by atoms with Gasteiger partial charge in [-0.1, -0.05) is 0 Å². The molecule has 6 nitrogen and oxygen atoms in total. The molecule has 0 saturated heterocycles. The highest BCUT2D eigenvalue weighted by Gasteiger charge is 2.33. The van der Waals surface area contributed by atoms with Crippen molar-refractivity contribution >= 4 is 5.82 Å². The van der Waals surface area contributed by atoms with Crippen LogP contribution in [0.3, 0.4) is 0 Å². The fourth-order valence-electron chi connectivity index (χ4n) is 2.11. The van der Waals surface area contributed by atoms with E-state index in [-0.39, 0.29) is 5.82 Å². The number of rotatable bonds is 2. The molecule has 2 heterocycles. The van der Waals surface area contributed by atoms with Crippen molar-refractivity contribution in [3.63, 3.8) is 0 Å². The summed E-state index contributed by atoms with van der Waals surface area (Å²) in [5.74, 6) is -0.0253. The molecule has 0 spiro atoms. The molecule has 1 saturated carbocycles. The molecule has 2 aliphatic rings. The second-order valence-corrected chi connectivity index (χ2v) is 4.18. The fraction of sp³-hybridized carbons (Fsp3) is 0.667. The summed E-state index contributed by atoms with van der Waals surface area (Å²) in [6.07, 6.45) is 2.55. The lowest BCUT2D eigenvalue weighted by Gasteiger charge is -2.25. The molecule has 0 N–H and O–H groups in total. The summed E-state index contributed by atoms with van der Waals surface area (Å²) in [6, 6.07) is 2.31. The molecule has 15 heavy (non-hydrogen) atoms. The highest BCUT2D eigenvalue weighted by atomic mass is 16.6. The predicted octanol–water partition coefficient (Wildman–Crippen LogP) is 0.769. The van der Waals surface area contributed by atoms with Crippen molar-refractivity contribution in [2.45, 2.75) is 32.0 Å². The van der Waals surface area contributed by atoms with Crippen molar-refractivity contribution in [3.8, 4) is 0 Å². The van der Waals surface area contributed by atoms with Crippen LogP contribution in [-0.4, -0.2) is 32.2 Å². The minimum Gasteiger partial charge on any atom is -0.358 e. The number of aromatic nitrogens is 2. The van der Waals surface area contributed by atoms with Crippen molar-refractivity contribution in [2.24, 2.45) is 0 Å². The molecule has 0 amide bonds. The lowest BCUT2D eigenvalue weighted by atomic mass is 10.3. The molecule has 1 aliphatic carbocycles. The smallest absolute Gasteiger partial charge is 0.358 e. The Morgan fingerprint density at radius 2 is 2.27 bits per heavy atom. The zero-order valence-corrected chi connectivity index (χ0v) is 8.30. The Balaban J connectivity index is 1.85. The maximum Gasteiger partial charge on any atom is 0.390 e. The Hall–Kier alpha value is -1.43. The van der Waals surface area contributed by atoms with Crippen molar-refractivity contribution in [1.82, 2.24) is 14.7 Å². The first-order chi connectivity index (χ1) is 7.24. The minimum atomic E-state index is -0.424. The molecule has 1 aliphatic heterocycles. The molecule has 1 aromatic rings. The highest BCUT2D eigenvalue weighted by Crippen LogP contribution is 2.30. The van der Waals surface area contributed by atoms with Gasteiger partial charge in [-0.3, -0.25) is 4.90 Å². The number of hydrogen-bond donors (Lipinski definition) is 0. The Morgan fingerprint density at radius 3 is 2.93 bits per heavy atom. The normalized spacial score (nSPS) is 21.3. The summed E-state index contributed by atoms with van der Waals surface area (Å²) in [7, 11) is 0. The summed E-state index contributed by atoms with van der Waals surface area (Å²) in [6.45, 7) is 2.56. The van der Waals surface area contributed by atoms with Crippen molar-refractivity contribution in [3.05, 3.63) is 21.9 Å². The Labute approximate surface area is 86.6 Å². The minimum absolute atomic E-state index is 0.0253. The van der Waals surface area contributed by atoms with E-state index < -0.39 is 4.92 Å². The zero-order chi connectivity index (χ0) is 10.4. The van der Waals surface area contributed by atoms with Gasteiger partial charge in [0.2, 0.25) is 0 Å². The summed E-state index contributed by atoms with van der Waals surface area (Å²) in [5.41, 5.74) is 0.972. The highest BCUT2D eigenvalue weighted by molar-refractivity contribution is 5.23. The van der Waals surface area contributed by atoms with Crippen LogP contribution in [-0.2, 0) is 13.1 Å². The zero-order valence-electron chi connectivity index (χ0n) is 8.30. The summed E-state index contributed by atoms with van der Waals surface area (Å²) >= 11 is 0. The SMILES string of the molecule is O=[N+]([O-])c1cc2n(n1)CCN(C1CC1)C2. The van der Waals surface area contributed by atoms with E-state index in [4.69, 9.17) is 0 Å². The van der Waals surface area contributed by atoms with E-state index in [1.165, 1.54) is 12.8 Å². The lowest BCUT2D eigenvalue weighted by molar-refractivity contribution is -0.389. The largest absolute Gasteiger partial charge is 0.390 e. The second-order valence-electron chi connectivity index (χ2n) is 4.18. The molecule has 3 rings (SSSR count). The number of hydrogen-bond acceptors (Lipinski definition) is 4. The van der Waals surface area contributed by atoms with Crippen molar-refractivity contribution in [2.75, 3.05) is 6.54 Å². The maximum absolute atomic E-state index is 10.6. The van der Waals surface area contributed by atoms with E-state index in [1.807, 2.05) is 0 Å². The van der Waals surface area contributed by atoms with Crippen LogP contribution in [0.15, 0.2) is 6.07 Å². The van der Waals surface area contributed by atoms with Gasteiger partial charge in [0.25, 0.3) is 0 Å². The van der Waals surface area contributed by atoms with E-state index in [0.29, 0.717) is 6.04 Å². The van der Waals surface area contributed by atoms with Gasteiger partial charge in [-0.05, 0) is 17.8 Å². The summed E-state index contributed by atoms with van der Waals surface area (Å²) < 4.78 is 1.76. The average Bonchev–Trinajstić information content (AvgIpc) is 2.96. The first kappa shape index (κ1) is 8.84. The van der Waals surface area contributed by atoms with E-state index in [2.05, 4.69) is 10.00 Å². The molecule has 1 fully saturated rings. The van der Waals surface area contributed by atoms with Crippen LogP contribution in [0.25, 0.3) is 0 Å². The molecule has 0 aromatic carbocycles. The molecular formula is C9H12N4O2. The topological polar surface area (TPSA) is 64.2 Å². The van der Waals surface area contributed by atoms with Gasteiger partial charge in [0.05, 0.1) is 23.4 Å². The number of nitro groups is 1. The van der Waals surface area contributed by atoms with Crippen LogP contribution in [0.1, 0.15) is 18.5 Å². The van der Waals surface area contributed by atoms with E-state index in [9.17, 15) is 10.1 Å². The van der Waals surface area contributed by atoms with Gasteiger partial charge in [-0.2, -0.15) is 4.68 Å². The molecule has 80 valence electrons. The van der Waals surface area contributed by atoms with Gasteiger partial charge in [0.1, 0.15) is 0 Å². The standard InChI is InChI=1S/C9H12N4O2/c14-13(15)9-5-8-6-11(7-1-2-7)3-4-12(8)10-9/h5,7H,1-4,6H2. The third-order valence-corrected chi connectivity index (χ3v) is 3.06.